The van der Waals surface area contributed by atoms with Crippen molar-refractivity contribution in [1.29, 1.82) is 0 Å². The number of quaternary nitrogens is 1. The van der Waals surface area contributed by atoms with E-state index in [0.29, 0.717) is 6.04 Å². The molecular formula is C15H24N+. The number of nitrogens with zero attached hydrogens (tertiary/aromatic N) is 1. The van der Waals surface area contributed by atoms with Crippen LogP contribution in [0.5, 0.6) is 0 Å². The molecule has 1 heterocycles. The van der Waals surface area contributed by atoms with E-state index in [1.54, 1.807) is 0 Å². The maximum absolute atomic E-state index is 2.44. The van der Waals surface area contributed by atoms with Gasteiger partial charge in [0.05, 0.1) is 20.1 Å². The van der Waals surface area contributed by atoms with Crippen molar-refractivity contribution in [3.8, 4) is 0 Å². The highest BCUT2D eigenvalue weighted by Crippen LogP contribution is 2.33. The molecule has 1 aromatic carbocycles. The van der Waals surface area contributed by atoms with E-state index in [-0.39, 0.29) is 0 Å². The fourth-order valence-corrected chi connectivity index (χ4v) is 3.26. The largest absolute Gasteiger partial charge is 0.320 e. The number of hydrogen-bond donors (Lipinski definition) is 0. The fraction of sp³-hybridized carbons (Fsp3) is 0.600. The summed E-state index contributed by atoms with van der Waals surface area (Å²) < 4.78 is 1.25. The van der Waals surface area contributed by atoms with Crippen LogP contribution >= 0.6 is 0 Å². The Kier molecular flexibility index (Phi) is 3.65. The van der Waals surface area contributed by atoms with Crippen molar-refractivity contribution < 1.29 is 4.48 Å². The third-order valence-corrected chi connectivity index (χ3v) is 4.16. The molecule has 1 aliphatic heterocycles. The number of rotatable bonds is 3. The molecule has 1 atom stereocenters. The van der Waals surface area contributed by atoms with Gasteiger partial charge in [-0.3, -0.25) is 0 Å². The van der Waals surface area contributed by atoms with Gasteiger partial charge in [-0.2, -0.15) is 0 Å². The van der Waals surface area contributed by atoms with Crippen LogP contribution in [0.15, 0.2) is 30.3 Å². The second-order valence-corrected chi connectivity index (χ2v) is 5.32. The second kappa shape index (κ2) is 5.01. The molecule has 1 saturated heterocycles. The predicted molar refractivity (Wildman–Crippen MR) is 69.2 cm³/mol. The summed E-state index contributed by atoms with van der Waals surface area (Å²) >= 11 is 0. The van der Waals surface area contributed by atoms with Crippen LogP contribution in [0.2, 0.25) is 0 Å². The summed E-state index contributed by atoms with van der Waals surface area (Å²) in [5.41, 5.74) is 1.52. The summed E-state index contributed by atoms with van der Waals surface area (Å²) in [6.07, 6.45) is 5.49. The third kappa shape index (κ3) is 2.30. The van der Waals surface area contributed by atoms with E-state index in [9.17, 15) is 0 Å². The summed E-state index contributed by atoms with van der Waals surface area (Å²) in [7, 11) is 2.44. The van der Waals surface area contributed by atoms with Crippen molar-refractivity contribution in [2.24, 2.45) is 0 Å². The quantitative estimate of drug-likeness (QED) is 0.678. The standard InChI is InChI=1S/C15H24N/c1-3-15(14-10-6-4-7-11-14)16(2)12-8-5-9-13-16/h4,6-7,10-11,15H,3,5,8-9,12-13H2,1-2H3/q+1. The highest BCUT2D eigenvalue weighted by atomic mass is 15.4. The van der Waals surface area contributed by atoms with Crippen molar-refractivity contribution in [2.45, 2.75) is 38.6 Å². The molecule has 1 nitrogen and oxygen atoms in total. The lowest BCUT2D eigenvalue weighted by atomic mass is 9.97. The van der Waals surface area contributed by atoms with Crippen molar-refractivity contribution in [3.05, 3.63) is 35.9 Å². The van der Waals surface area contributed by atoms with Gasteiger partial charge in [-0.1, -0.05) is 37.3 Å². The van der Waals surface area contributed by atoms with Crippen molar-refractivity contribution in [1.82, 2.24) is 0 Å². The Bertz CT molecular complexity index is 311. The monoisotopic (exact) mass is 218 g/mol. The van der Waals surface area contributed by atoms with Crippen molar-refractivity contribution >= 4 is 0 Å². The van der Waals surface area contributed by atoms with Crippen LogP contribution in [0.25, 0.3) is 0 Å². The van der Waals surface area contributed by atoms with Gasteiger partial charge in [0.25, 0.3) is 0 Å². The number of benzene rings is 1. The van der Waals surface area contributed by atoms with Gasteiger partial charge in [-0.05, 0) is 19.3 Å². The summed E-state index contributed by atoms with van der Waals surface area (Å²) in [5, 5.41) is 0. The van der Waals surface area contributed by atoms with Gasteiger partial charge >= 0.3 is 0 Å². The van der Waals surface area contributed by atoms with Gasteiger partial charge < -0.3 is 4.48 Å². The minimum Gasteiger partial charge on any atom is -0.320 e. The first-order valence-corrected chi connectivity index (χ1v) is 6.65. The molecular weight excluding hydrogens is 194 g/mol. The molecule has 0 saturated carbocycles. The van der Waals surface area contributed by atoms with Gasteiger partial charge in [0, 0.05) is 12.0 Å². The Hall–Kier alpha value is -0.820. The summed E-state index contributed by atoms with van der Waals surface area (Å²) in [4.78, 5) is 0. The van der Waals surface area contributed by atoms with Crippen LogP contribution < -0.4 is 0 Å². The van der Waals surface area contributed by atoms with E-state index >= 15 is 0 Å². The topological polar surface area (TPSA) is 0 Å². The summed E-state index contributed by atoms with van der Waals surface area (Å²) in [5.74, 6) is 0. The molecule has 0 spiro atoms. The second-order valence-electron chi connectivity index (χ2n) is 5.32. The average molecular weight is 218 g/mol. The number of piperidine rings is 1. The van der Waals surface area contributed by atoms with Crippen molar-refractivity contribution in [3.63, 3.8) is 0 Å². The summed E-state index contributed by atoms with van der Waals surface area (Å²) in [6, 6.07) is 11.8. The minimum atomic E-state index is 0.696. The summed E-state index contributed by atoms with van der Waals surface area (Å²) in [6.45, 7) is 5.04. The molecule has 0 radical (unpaired) electrons. The maximum Gasteiger partial charge on any atom is 0.114 e. The van der Waals surface area contributed by atoms with Gasteiger partial charge in [0.15, 0.2) is 0 Å². The molecule has 1 heteroatoms. The van der Waals surface area contributed by atoms with Gasteiger partial charge in [0.1, 0.15) is 6.04 Å². The molecule has 1 aromatic rings. The first-order valence-electron chi connectivity index (χ1n) is 6.65. The average Bonchev–Trinajstić information content (AvgIpc) is 2.32. The normalized spacial score (nSPS) is 21.6. The molecule has 0 aliphatic carbocycles. The smallest absolute Gasteiger partial charge is 0.114 e. The predicted octanol–water partition coefficient (Wildman–Crippen LogP) is 3.77. The van der Waals surface area contributed by atoms with Crippen LogP contribution in [0, 0.1) is 0 Å². The van der Waals surface area contributed by atoms with E-state index < -0.39 is 0 Å². The zero-order chi connectivity index (χ0) is 11.4. The SMILES string of the molecule is CCC(c1ccccc1)[N+]1(C)CCCCC1. The van der Waals surface area contributed by atoms with Crippen molar-refractivity contribution in [2.75, 3.05) is 20.1 Å². The Morgan fingerprint density at radius 3 is 2.25 bits per heavy atom. The van der Waals surface area contributed by atoms with Crippen LogP contribution in [-0.2, 0) is 0 Å². The Morgan fingerprint density at radius 2 is 1.69 bits per heavy atom. The highest BCUT2D eigenvalue weighted by molar-refractivity contribution is 5.17. The first kappa shape index (κ1) is 11.7. The Balaban J connectivity index is 2.21. The lowest BCUT2D eigenvalue weighted by Crippen LogP contribution is -2.50. The maximum atomic E-state index is 2.44. The Labute approximate surface area is 99.7 Å². The fourth-order valence-electron chi connectivity index (χ4n) is 3.26. The van der Waals surface area contributed by atoms with E-state index in [4.69, 9.17) is 0 Å². The van der Waals surface area contributed by atoms with Crippen LogP contribution in [0.4, 0.5) is 0 Å². The Morgan fingerprint density at radius 1 is 1.06 bits per heavy atom. The molecule has 0 aromatic heterocycles. The molecule has 0 amide bonds. The lowest BCUT2D eigenvalue weighted by molar-refractivity contribution is -0.943. The molecule has 0 bridgehead atoms. The van der Waals surface area contributed by atoms with E-state index in [1.165, 1.54) is 48.8 Å². The zero-order valence-electron chi connectivity index (χ0n) is 10.7. The van der Waals surface area contributed by atoms with Gasteiger partial charge in [-0.25, -0.2) is 0 Å². The van der Waals surface area contributed by atoms with E-state index in [2.05, 4.69) is 44.3 Å². The van der Waals surface area contributed by atoms with Crippen LogP contribution in [0.3, 0.4) is 0 Å². The molecule has 1 fully saturated rings. The van der Waals surface area contributed by atoms with Gasteiger partial charge in [-0.15, -0.1) is 0 Å². The van der Waals surface area contributed by atoms with E-state index in [1.807, 2.05) is 0 Å². The molecule has 88 valence electrons. The van der Waals surface area contributed by atoms with Crippen LogP contribution in [-0.4, -0.2) is 24.6 Å². The molecule has 2 rings (SSSR count). The lowest BCUT2D eigenvalue weighted by Gasteiger charge is -2.44. The molecule has 0 N–H and O–H groups in total. The molecule has 1 aliphatic rings. The van der Waals surface area contributed by atoms with Crippen LogP contribution in [0.1, 0.15) is 44.2 Å². The molecule has 16 heavy (non-hydrogen) atoms. The first-order chi connectivity index (χ1) is 7.76. The number of likely N-dealkylation sites (tertiary alicyclic amines) is 1. The minimum absolute atomic E-state index is 0.696. The zero-order valence-corrected chi connectivity index (χ0v) is 10.7. The third-order valence-electron chi connectivity index (χ3n) is 4.16. The molecule has 1 unspecified atom stereocenters. The highest BCUT2D eigenvalue weighted by Gasteiger charge is 2.33. The van der Waals surface area contributed by atoms with Gasteiger partial charge in [0.2, 0.25) is 0 Å². The number of hydrogen-bond acceptors (Lipinski definition) is 0. The van der Waals surface area contributed by atoms with E-state index in [0.717, 1.165) is 0 Å².